The Morgan fingerprint density at radius 2 is 1.90 bits per heavy atom. The van der Waals surface area contributed by atoms with Gasteiger partial charge in [0.15, 0.2) is 0 Å². The van der Waals surface area contributed by atoms with Crippen molar-refractivity contribution in [3.05, 3.63) is 57.8 Å². The van der Waals surface area contributed by atoms with Gasteiger partial charge in [-0.25, -0.2) is 0 Å². The van der Waals surface area contributed by atoms with E-state index in [9.17, 15) is 9.59 Å². The van der Waals surface area contributed by atoms with Gasteiger partial charge in [-0.1, -0.05) is 24.3 Å². The minimum atomic E-state index is -0.355. The summed E-state index contributed by atoms with van der Waals surface area (Å²) in [6, 6.07) is 9.87. The van der Waals surface area contributed by atoms with Gasteiger partial charge in [-0.3, -0.25) is 9.59 Å². The average molecular weight is 289 g/mol. The summed E-state index contributed by atoms with van der Waals surface area (Å²) < 4.78 is 0. The van der Waals surface area contributed by atoms with Gasteiger partial charge < -0.3 is 10.4 Å². The van der Waals surface area contributed by atoms with Crippen molar-refractivity contribution in [1.82, 2.24) is 5.32 Å². The summed E-state index contributed by atoms with van der Waals surface area (Å²) >= 11 is 1.34. The number of amides is 1. The van der Waals surface area contributed by atoms with Crippen LogP contribution in [-0.4, -0.2) is 29.4 Å². The van der Waals surface area contributed by atoms with Gasteiger partial charge in [0.25, 0.3) is 5.91 Å². The molecule has 2 aromatic rings. The molecule has 0 fully saturated rings. The zero-order chi connectivity index (χ0) is 14.5. The Morgan fingerprint density at radius 3 is 2.50 bits per heavy atom. The van der Waals surface area contributed by atoms with E-state index < -0.39 is 0 Å². The first-order valence-electron chi connectivity index (χ1n) is 6.22. The number of ketones is 1. The lowest BCUT2D eigenvalue weighted by molar-refractivity contribution is 0.0914. The number of benzene rings is 1. The number of hydrogen-bond acceptors (Lipinski definition) is 4. The van der Waals surface area contributed by atoms with Gasteiger partial charge in [0, 0.05) is 11.6 Å². The van der Waals surface area contributed by atoms with Crippen molar-refractivity contribution in [2.24, 2.45) is 0 Å². The Labute approximate surface area is 121 Å². The van der Waals surface area contributed by atoms with E-state index in [1.54, 1.807) is 43.3 Å². The zero-order valence-corrected chi connectivity index (χ0v) is 11.8. The molecule has 1 unspecified atom stereocenters. The molecule has 0 bridgehead atoms. The fraction of sp³-hybridized carbons (Fsp3) is 0.200. The molecule has 1 aromatic heterocycles. The van der Waals surface area contributed by atoms with Crippen molar-refractivity contribution in [3.8, 4) is 0 Å². The van der Waals surface area contributed by atoms with Crippen molar-refractivity contribution >= 4 is 23.0 Å². The van der Waals surface area contributed by atoms with E-state index in [1.807, 2.05) is 5.38 Å². The third-order valence-electron chi connectivity index (χ3n) is 2.81. The fourth-order valence-electron chi connectivity index (χ4n) is 1.77. The Kier molecular flexibility index (Phi) is 4.65. The third-order valence-corrected chi connectivity index (χ3v) is 3.68. The summed E-state index contributed by atoms with van der Waals surface area (Å²) in [4.78, 5) is 25.1. The molecule has 0 aliphatic rings. The summed E-state index contributed by atoms with van der Waals surface area (Å²) in [5.74, 6) is -0.519. The van der Waals surface area contributed by atoms with Crippen LogP contribution < -0.4 is 5.32 Å². The van der Waals surface area contributed by atoms with Crippen molar-refractivity contribution < 1.29 is 14.7 Å². The number of thiophene rings is 1. The molecule has 1 aromatic carbocycles. The Bertz CT molecular complexity index is 607. The van der Waals surface area contributed by atoms with Crippen molar-refractivity contribution in [2.75, 3.05) is 6.61 Å². The van der Waals surface area contributed by atoms with E-state index in [0.29, 0.717) is 16.0 Å². The van der Waals surface area contributed by atoms with Crippen LogP contribution in [0.3, 0.4) is 0 Å². The average Bonchev–Trinajstić information content (AvgIpc) is 3.00. The van der Waals surface area contributed by atoms with Crippen LogP contribution in [0.15, 0.2) is 41.8 Å². The SMILES string of the molecule is CC(CO)NC(=O)c1ccccc1C(=O)c1cccs1. The summed E-state index contributed by atoms with van der Waals surface area (Å²) in [7, 11) is 0. The second-order valence-corrected chi connectivity index (χ2v) is 5.36. The molecule has 20 heavy (non-hydrogen) atoms. The van der Waals surface area contributed by atoms with Crippen molar-refractivity contribution in [1.29, 1.82) is 0 Å². The predicted octanol–water partition coefficient (Wildman–Crippen LogP) is 2.09. The van der Waals surface area contributed by atoms with E-state index in [2.05, 4.69) is 5.32 Å². The summed E-state index contributed by atoms with van der Waals surface area (Å²) in [5, 5.41) is 13.5. The van der Waals surface area contributed by atoms with Gasteiger partial charge in [-0.2, -0.15) is 0 Å². The van der Waals surface area contributed by atoms with E-state index in [1.165, 1.54) is 11.3 Å². The summed E-state index contributed by atoms with van der Waals surface area (Å²) in [6.45, 7) is 1.55. The Morgan fingerprint density at radius 1 is 1.20 bits per heavy atom. The van der Waals surface area contributed by atoms with Gasteiger partial charge in [-0.15, -0.1) is 11.3 Å². The molecule has 2 N–H and O–H groups in total. The molecule has 104 valence electrons. The molecule has 0 saturated carbocycles. The normalized spacial score (nSPS) is 11.9. The first-order chi connectivity index (χ1) is 9.63. The van der Waals surface area contributed by atoms with Crippen LogP contribution >= 0.6 is 11.3 Å². The van der Waals surface area contributed by atoms with Crippen LogP contribution in [0.2, 0.25) is 0 Å². The number of hydrogen-bond donors (Lipinski definition) is 2. The molecule has 0 radical (unpaired) electrons. The molecule has 1 atom stereocenters. The largest absolute Gasteiger partial charge is 0.394 e. The van der Waals surface area contributed by atoms with Crippen molar-refractivity contribution in [2.45, 2.75) is 13.0 Å². The van der Waals surface area contributed by atoms with Crippen LogP contribution in [0.1, 0.15) is 32.5 Å². The molecule has 1 amide bonds. The van der Waals surface area contributed by atoms with Crippen molar-refractivity contribution in [3.63, 3.8) is 0 Å². The molecule has 5 heteroatoms. The summed E-state index contributed by atoms with van der Waals surface area (Å²) in [6.07, 6.45) is 0. The van der Waals surface area contributed by atoms with Crippen LogP contribution in [0.25, 0.3) is 0 Å². The lowest BCUT2D eigenvalue weighted by Crippen LogP contribution is -2.35. The number of aliphatic hydroxyl groups excluding tert-OH is 1. The highest BCUT2D eigenvalue weighted by atomic mass is 32.1. The Balaban J connectivity index is 2.31. The maximum Gasteiger partial charge on any atom is 0.252 e. The molecule has 0 spiro atoms. The minimum Gasteiger partial charge on any atom is -0.394 e. The van der Waals surface area contributed by atoms with Gasteiger partial charge in [0.05, 0.1) is 17.0 Å². The highest BCUT2D eigenvalue weighted by Crippen LogP contribution is 2.18. The quantitative estimate of drug-likeness (QED) is 0.828. The zero-order valence-electron chi connectivity index (χ0n) is 11.0. The van der Waals surface area contributed by atoms with E-state index >= 15 is 0 Å². The molecule has 0 aliphatic carbocycles. The first-order valence-corrected chi connectivity index (χ1v) is 7.10. The molecule has 4 nitrogen and oxygen atoms in total. The van der Waals surface area contributed by atoms with Crippen LogP contribution in [0.4, 0.5) is 0 Å². The van der Waals surface area contributed by atoms with E-state index in [0.717, 1.165) is 0 Å². The standard InChI is InChI=1S/C15H15NO3S/c1-10(9-17)16-15(19)12-6-3-2-5-11(12)14(18)13-7-4-8-20-13/h2-8,10,17H,9H2,1H3,(H,16,19). The molecule has 2 rings (SSSR count). The first kappa shape index (κ1) is 14.4. The van der Waals surface area contributed by atoms with Crippen LogP contribution in [0.5, 0.6) is 0 Å². The highest BCUT2D eigenvalue weighted by Gasteiger charge is 2.19. The maximum absolute atomic E-state index is 12.4. The summed E-state index contributed by atoms with van der Waals surface area (Å²) in [5.41, 5.74) is 0.698. The lowest BCUT2D eigenvalue weighted by atomic mass is 10.0. The smallest absolute Gasteiger partial charge is 0.252 e. The Hall–Kier alpha value is -1.98. The molecule has 0 saturated heterocycles. The van der Waals surface area contributed by atoms with E-state index in [-0.39, 0.29) is 24.3 Å². The maximum atomic E-state index is 12.4. The van der Waals surface area contributed by atoms with Crippen LogP contribution in [-0.2, 0) is 0 Å². The molecule has 1 heterocycles. The van der Waals surface area contributed by atoms with E-state index in [4.69, 9.17) is 5.11 Å². The van der Waals surface area contributed by atoms with Gasteiger partial charge in [0.1, 0.15) is 0 Å². The number of rotatable bonds is 5. The molecule has 0 aliphatic heterocycles. The predicted molar refractivity (Wildman–Crippen MR) is 78.2 cm³/mol. The minimum absolute atomic E-state index is 0.146. The number of nitrogens with one attached hydrogen (secondary N) is 1. The lowest BCUT2D eigenvalue weighted by Gasteiger charge is -2.12. The molecular formula is C15H15NO3S. The monoisotopic (exact) mass is 289 g/mol. The second-order valence-electron chi connectivity index (χ2n) is 4.41. The van der Waals surface area contributed by atoms with Crippen LogP contribution in [0, 0.1) is 0 Å². The number of aliphatic hydroxyl groups is 1. The number of carbonyl (C=O) groups excluding carboxylic acids is 2. The highest BCUT2D eigenvalue weighted by molar-refractivity contribution is 7.12. The topological polar surface area (TPSA) is 66.4 Å². The second kappa shape index (κ2) is 6.45. The third kappa shape index (κ3) is 3.12. The van der Waals surface area contributed by atoms with Gasteiger partial charge in [0.2, 0.25) is 5.78 Å². The van der Waals surface area contributed by atoms with Gasteiger partial charge in [-0.05, 0) is 24.4 Å². The molecular weight excluding hydrogens is 274 g/mol. The fourth-order valence-corrected chi connectivity index (χ4v) is 2.44. The number of carbonyl (C=O) groups is 2. The van der Waals surface area contributed by atoms with Gasteiger partial charge >= 0.3 is 0 Å².